The van der Waals surface area contributed by atoms with Crippen LogP contribution in [0.25, 0.3) is 22.1 Å². The van der Waals surface area contributed by atoms with Gasteiger partial charge in [-0.2, -0.15) is 0 Å². The van der Waals surface area contributed by atoms with E-state index in [1.165, 1.54) is 11.7 Å². The Labute approximate surface area is 84.2 Å². The van der Waals surface area contributed by atoms with Crippen molar-refractivity contribution in [3.8, 4) is 0 Å². The standard InChI is InChI=1S/C7H4N4SSe/c1-3-2-4-6(11-13-10-4)7-5(3)8-12-9-7/h2H,1H3. The Hall–Kier alpha value is -0.841. The normalized spacial score (nSPS) is 11.5. The molecule has 4 nitrogen and oxygen atoms in total. The van der Waals surface area contributed by atoms with E-state index in [0.717, 1.165) is 27.6 Å². The molecular weight excluding hydrogens is 251 g/mol. The first-order valence-corrected chi connectivity index (χ1v) is 5.96. The van der Waals surface area contributed by atoms with Gasteiger partial charge in [-0.15, -0.1) is 0 Å². The quantitative estimate of drug-likeness (QED) is 0.562. The molecule has 0 atom stereocenters. The summed E-state index contributed by atoms with van der Waals surface area (Å²) in [5.74, 6) is 0. The predicted molar refractivity (Wildman–Crippen MR) is 52.2 cm³/mol. The van der Waals surface area contributed by atoms with Crippen molar-refractivity contribution in [3.63, 3.8) is 0 Å². The fraction of sp³-hybridized carbons (Fsp3) is 0.143. The molecule has 0 fully saturated rings. The number of aryl methyl sites for hydroxylation is 1. The van der Waals surface area contributed by atoms with Crippen molar-refractivity contribution < 1.29 is 0 Å². The van der Waals surface area contributed by atoms with Crippen molar-refractivity contribution in [1.82, 2.24) is 16.7 Å². The van der Waals surface area contributed by atoms with Gasteiger partial charge in [0.15, 0.2) is 0 Å². The van der Waals surface area contributed by atoms with Gasteiger partial charge in [-0.05, 0) is 0 Å². The molecule has 0 bridgehead atoms. The molecule has 0 aliphatic carbocycles. The average Bonchev–Trinajstić information content (AvgIpc) is 2.66. The molecule has 0 saturated carbocycles. The van der Waals surface area contributed by atoms with Crippen LogP contribution in [0.3, 0.4) is 0 Å². The molecule has 6 heteroatoms. The van der Waals surface area contributed by atoms with Crippen LogP contribution < -0.4 is 0 Å². The van der Waals surface area contributed by atoms with Crippen LogP contribution in [0.4, 0.5) is 0 Å². The van der Waals surface area contributed by atoms with Crippen LogP contribution in [0.1, 0.15) is 5.56 Å². The van der Waals surface area contributed by atoms with E-state index in [9.17, 15) is 0 Å². The summed E-state index contributed by atoms with van der Waals surface area (Å²) in [4.78, 5) is 0. The van der Waals surface area contributed by atoms with Gasteiger partial charge >= 0.3 is 84.0 Å². The Bertz CT molecular complexity index is 584. The van der Waals surface area contributed by atoms with Gasteiger partial charge in [0.05, 0.1) is 0 Å². The monoisotopic (exact) mass is 256 g/mol. The van der Waals surface area contributed by atoms with Gasteiger partial charge in [0.1, 0.15) is 0 Å². The number of nitrogens with zero attached hydrogens (tertiary/aromatic N) is 4. The summed E-state index contributed by atoms with van der Waals surface area (Å²) in [5.41, 5.74) is 4.95. The van der Waals surface area contributed by atoms with Crippen LogP contribution in [0.2, 0.25) is 0 Å². The number of rotatable bonds is 0. The summed E-state index contributed by atoms with van der Waals surface area (Å²) < 4.78 is 17.1. The van der Waals surface area contributed by atoms with Crippen molar-refractivity contribution in [3.05, 3.63) is 11.6 Å². The molecule has 64 valence electrons. The van der Waals surface area contributed by atoms with E-state index in [1.54, 1.807) is 0 Å². The fourth-order valence-corrected chi connectivity index (χ4v) is 3.05. The van der Waals surface area contributed by atoms with Crippen molar-refractivity contribution >= 4 is 48.8 Å². The third kappa shape index (κ3) is 0.964. The number of hydrogen-bond donors (Lipinski definition) is 0. The molecule has 0 aliphatic rings. The SMILES string of the molecule is Cc1cc2n[se]nc2c2nsnc12. The molecule has 0 spiro atoms. The topological polar surface area (TPSA) is 51.6 Å². The van der Waals surface area contributed by atoms with Gasteiger partial charge in [-0.25, -0.2) is 0 Å². The zero-order valence-electron chi connectivity index (χ0n) is 6.68. The number of hydrogen-bond acceptors (Lipinski definition) is 5. The minimum atomic E-state index is 0.0205. The average molecular weight is 255 g/mol. The number of benzene rings is 1. The van der Waals surface area contributed by atoms with Crippen molar-refractivity contribution in [1.29, 1.82) is 0 Å². The molecule has 1 aromatic carbocycles. The van der Waals surface area contributed by atoms with Crippen LogP contribution in [-0.2, 0) is 0 Å². The number of fused-ring (bicyclic) bond motifs is 3. The molecule has 0 saturated heterocycles. The van der Waals surface area contributed by atoms with E-state index in [0.29, 0.717) is 0 Å². The van der Waals surface area contributed by atoms with E-state index in [4.69, 9.17) is 0 Å². The van der Waals surface area contributed by atoms with Crippen LogP contribution in [0.5, 0.6) is 0 Å². The summed E-state index contributed by atoms with van der Waals surface area (Å²) in [6.45, 7) is 2.03. The zero-order valence-corrected chi connectivity index (χ0v) is 9.21. The minimum absolute atomic E-state index is 0.0205. The molecule has 0 amide bonds. The molecule has 0 aliphatic heterocycles. The van der Waals surface area contributed by atoms with Crippen molar-refractivity contribution in [2.24, 2.45) is 0 Å². The Morgan fingerprint density at radius 3 is 2.92 bits per heavy atom. The molecule has 2 aromatic heterocycles. The van der Waals surface area contributed by atoms with Crippen LogP contribution >= 0.6 is 11.7 Å². The van der Waals surface area contributed by atoms with Gasteiger partial charge < -0.3 is 0 Å². The molecular formula is C7H4N4SSe. The fourth-order valence-electron chi connectivity index (χ4n) is 1.33. The van der Waals surface area contributed by atoms with Gasteiger partial charge in [-0.1, -0.05) is 0 Å². The Balaban J connectivity index is 2.70. The number of aromatic nitrogens is 4. The second kappa shape index (κ2) is 2.57. The second-order valence-corrected chi connectivity index (χ2v) is 4.42. The van der Waals surface area contributed by atoms with E-state index >= 15 is 0 Å². The summed E-state index contributed by atoms with van der Waals surface area (Å²) >= 11 is 1.26. The van der Waals surface area contributed by atoms with E-state index < -0.39 is 0 Å². The van der Waals surface area contributed by atoms with E-state index in [-0.39, 0.29) is 15.0 Å². The van der Waals surface area contributed by atoms with E-state index in [2.05, 4.69) is 16.7 Å². The van der Waals surface area contributed by atoms with Crippen LogP contribution in [0.15, 0.2) is 6.07 Å². The summed E-state index contributed by atoms with van der Waals surface area (Å²) in [6.07, 6.45) is 0. The van der Waals surface area contributed by atoms with Gasteiger partial charge in [0.2, 0.25) is 0 Å². The molecule has 0 radical (unpaired) electrons. The molecule has 3 rings (SSSR count). The molecule has 3 aromatic rings. The first kappa shape index (κ1) is 7.55. The summed E-state index contributed by atoms with van der Waals surface area (Å²) in [5, 5.41) is 0. The molecule has 0 unspecified atom stereocenters. The van der Waals surface area contributed by atoms with Gasteiger partial charge in [0, 0.05) is 0 Å². The maximum atomic E-state index is 4.34. The van der Waals surface area contributed by atoms with Crippen LogP contribution in [0, 0.1) is 6.92 Å². The molecule has 2 heterocycles. The summed E-state index contributed by atoms with van der Waals surface area (Å²) in [6, 6.07) is 2.04. The van der Waals surface area contributed by atoms with Gasteiger partial charge in [-0.3, -0.25) is 0 Å². The zero-order chi connectivity index (χ0) is 8.84. The van der Waals surface area contributed by atoms with Crippen molar-refractivity contribution in [2.45, 2.75) is 6.92 Å². The first-order chi connectivity index (χ1) is 6.36. The Morgan fingerprint density at radius 2 is 2.00 bits per heavy atom. The Morgan fingerprint density at radius 1 is 1.15 bits per heavy atom. The van der Waals surface area contributed by atoms with Crippen LogP contribution in [-0.4, -0.2) is 31.7 Å². The maximum absolute atomic E-state index is 4.34. The second-order valence-electron chi connectivity index (χ2n) is 2.79. The summed E-state index contributed by atoms with van der Waals surface area (Å²) in [7, 11) is 0. The first-order valence-electron chi connectivity index (χ1n) is 3.70. The molecule has 0 N–H and O–H groups in total. The Kier molecular flexibility index (Phi) is 1.49. The van der Waals surface area contributed by atoms with Gasteiger partial charge in [0.25, 0.3) is 0 Å². The third-order valence-corrected chi connectivity index (χ3v) is 3.62. The predicted octanol–water partition coefficient (Wildman–Crippen LogP) is 1.000. The van der Waals surface area contributed by atoms with Crippen molar-refractivity contribution in [2.75, 3.05) is 0 Å². The third-order valence-electron chi connectivity index (χ3n) is 1.95. The molecule has 13 heavy (non-hydrogen) atoms. The van der Waals surface area contributed by atoms with E-state index in [1.807, 2.05) is 13.0 Å².